The van der Waals surface area contributed by atoms with Crippen molar-refractivity contribution < 1.29 is 9.18 Å². The molecule has 0 atom stereocenters. The molecule has 0 saturated carbocycles. The number of benzene rings is 1. The van der Waals surface area contributed by atoms with Crippen molar-refractivity contribution in [1.82, 2.24) is 0 Å². The monoisotopic (exact) mass is 362 g/mol. The first-order valence-corrected chi connectivity index (χ1v) is 5.99. The van der Waals surface area contributed by atoms with Crippen LogP contribution in [0.1, 0.15) is 10.4 Å². The molecule has 0 radical (unpaired) electrons. The molecule has 1 nitrogen and oxygen atoms in total. The number of carbonyl (C=O) groups excluding carboxylic acids is 1. The van der Waals surface area contributed by atoms with E-state index in [9.17, 15) is 9.18 Å². The van der Waals surface area contributed by atoms with Crippen LogP contribution in [0.3, 0.4) is 0 Å². The van der Waals surface area contributed by atoms with Crippen LogP contribution in [0.15, 0.2) is 12.1 Å². The van der Waals surface area contributed by atoms with E-state index in [4.69, 9.17) is 23.2 Å². The lowest BCUT2D eigenvalue weighted by Gasteiger charge is -2.07. The molecule has 0 unspecified atom stereocenters. The van der Waals surface area contributed by atoms with Gasteiger partial charge in [0, 0.05) is 0 Å². The lowest BCUT2D eigenvalue weighted by molar-refractivity contribution is 0.101. The van der Waals surface area contributed by atoms with E-state index < -0.39 is 15.3 Å². The molecule has 0 aliphatic carbocycles. The van der Waals surface area contributed by atoms with E-state index in [1.807, 2.05) is 0 Å². The molecule has 0 bridgehead atoms. The molecule has 0 amide bonds. The maximum atomic E-state index is 13.0. The van der Waals surface area contributed by atoms with Crippen LogP contribution in [0.5, 0.6) is 0 Å². The minimum absolute atomic E-state index is 0.0212. The summed E-state index contributed by atoms with van der Waals surface area (Å²) in [4.78, 5) is 11.5. The van der Waals surface area contributed by atoms with Gasteiger partial charge in [0.15, 0.2) is 5.78 Å². The van der Waals surface area contributed by atoms with Gasteiger partial charge in [-0.15, -0.1) is 0 Å². The topological polar surface area (TPSA) is 17.1 Å². The first kappa shape index (κ1) is 12.4. The van der Waals surface area contributed by atoms with Crippen molar-refractivity contribution in [2.24, 2.45) is 0 Å². The van der Waals surface area contributed by atoms with E-state index in [0.717, 1.165) is 6.07 Å². The summed E-state index contributed by atoms with van der Waals surface area (Å²) in [5.74, 6) is -1.08. The van der Waals surface area contributed by atoms with Crippen LogP contribution in [0.4, 0.5) is 4.39 Å². The van der Waals surface area contributed by atoms with E-state index in [0.29, 0.717) is 0 Å². The highest BCUT2D eigenvalue weighted by molar-refractivity contribution is 9.25. The minimum Gasteiger partial charge on any atom is -0.292 e. The summed E-state index contributed by atoms with van der Waals surface area (Å²) in [6, 6.07) is 2.40. The zero-order valence-corrected chi connectivity index (χ0v) is 11.2. The highest BCUT2D eigenvalue weighted by Crippen LogP contribution is 2.30. The molecule has 76 valence electrons. The van der Waals surface area contributed by atoms with Crippen LogP contribution >= 0.6 is 55.1 Å². The highest BCUT2D eigenvalue weighted by Gasteiger charge is 2.22. The summed E-state index contributed by atoms with van der Waals surface area (Å²) in [5.41, 5.74) is -0.0212. The number of halogens is 5. The van der Waals surface area contributed by atoms with Gasteiger partial charge in [-0.1, -0.05) is 55.1 Å². The van der Waals surface area contributed by atoms with Crippen molar-refractivity contribution >= 4 is 60.8 Å². The summed E-state index contributed by atoms with van der Waals surface area (Å²) >= 11 is 17.3. The predicted molar refractivity (Wildman–Crippen MR) is 62.4 cm³/mol. The maximum absolute atomic E-state index is 13.0. The van der Waals surface area contributed by atoms with E-state index in [2.05, 4.69) is 31.9 Å². The Kier molecular flexibility index (Phi) is 4.37. The molecular weight excluding hydrogens is 362 g/mol. The Balaban J connectivity index is 3.33. The molecule has 6 heteroatoms. The molecular formula is C8H3Br2Cl2FO. The maximum Gasteiger partial charge on any atom is 0.190 e. The molecule has 1 aromatic rings. The van der Waals surface area contributed by atoms with Gasteiger partial charge in [0.25, 0.3) is 0 Å². The third-order valence-corrected chi connectivity index (χ3v) is 3.00. The van der Waals surface area contributed by atoms with E-state index in [-0.39, 0.29) is 15.6 Å². The summed E-state index contributed by atoms with van der Waals surface area (Å²) < 4.78 is 12.4. The standard InChI is InChI=1S/C8H3Br2Cl2FO/c9-8(10)7(14)5-3(11)1-2-4(13)6(5)12/h1-2,8H. The average Bonchev–Trinajstić information content (AvgIpc) is 2.12. The second-order valence-electron chi connectivity index (χ2n) is 2.38. The fourth-order valence-electron chi connectivity index (χ4n) is 0.862. The zero-order valence-electron chi connectivity index (χ0n) is 6.53. The van der Waals surface area contributed by atoms with Crippen LogP contribution in [0.25, 0.3) is 0 Å². The Bertz CT molecular complexity index is 382. The Hall–Kier alpha value is 0.360. The molecule has 1 aromatic carbocycles. The third kappa shape index (κ3) is 2.48. The normalized spacial score (nSPS) is 10.7. The van der Waals surface area contributed by atoms with E-state index >= 15 is 0 Å². The molecule has 1 rings (SSSR count). The van der Waals surface area contributed by atoms with Crippen LogP contribution in [0, 0.1) is 5.82 Å². The van der Waals surface area contributed by atoms with Crippen LogP contribution in [-0.2, 0) is 0 Å². The molecule has 0 spiro atoms. The Morgan fingerprint density at radius 1 is 1.36 bits per heavy atom. The highest BCUT2D eigenvalue weighted by atomic mass is 79.9. The van der Waals surface area contributed by atoms with Gasteiger partial charge in [-0.3, -0.25) is 4.79 Å². The fraction of sp³-hybridized carbons (Fsp3) is 0.125. The molecule has 14 heavy (non-hydrogen) atoms. The van der Waals surface area contributed by atoms with Crippen LogP contribution < -0.4 is 0 Å². The van der Waals surface area contributed by atoms with Crippen molar-refractivity contribution in [1.29, 1.82) is 0 Å². The number of Topliss-reactive ketones (excluding diaryl/α,β-unsaturated/α-hetero) is 1. The van der Waals surface area contributed by atoms with Gasteiger partial charge in [0.05, 0.1) is 15.6 Å². The summed E-state index contributed by atoms with van der Waals surface area (Å²) in [5, 5.41) is -0.128. The molecule has 0 aliphatic rings. The largest absolute Gasteiger partial charge is 0.292 e. The number of ketones is 1. The number of rotatable bonds is 2. The Morgan fingerprint density at radius 3 is 2.43 bits per heavy atom. The van der Waals surface area contributed by atoms with E-state index in [1.165, 1.54) is 6.07 Å². The summed E-state index contributed by atoms with van der Waals surface area (Å²) in [6.45, 7) is 0. The van der Waals surface area contributed by atoms with Crippen LogP contribution in [0.2, 0.25) is 10.0 Å². The number of carbonyl (C=O) groups is 1. The van der Waals surface area contributed by atoms with Gasteiger partial charge >= 0.3 is 0 Å². The van der Waals surface area contributed by atoms with Gasteiger partial charge in [0.1, 0.15) is 9.55 Å². The lowest BCUT2D eigenvalue weighted by Crippen LogP contribution is -2.09. The molecule has 0 aromatic heterocycles. The summed E-state index contributed by atoms with van der Waals surface area (Å²) in [7, 11) is 0. The molecule has 0 heterocycles. The Morgan fingerprint density at radius 2 is 1.93 bits per heavy atom. The Labute approximate surface area is 107 Å². The van der Waals surface area contributed by atoms with Gasteiger partial charge in [-0.2, -0.15) is 0 Å². The second kappa shape index (κ2) is 4.92. The first-order chi connectivity index (χ1) is 6.45. The molecule has 0 fully saturated rings. The van der Waals surface area contributed by atoms with Gasteiger partial charge < -0.3 is 0 Å². The summed E-state index contributed by atoms with van der Waals surface area (Å²) in [6.07, 6.45) is 0. The first-order valence-electron chi connectivity index (χ1n) is 3.41. The minimum atomic E-state index is -0.667. The SMILES string of the molecule is O=C(c1c(Cl)ccc(F)c1Cl)C(Br)Br. The third-order valence-electron chi connectivity index (χ3n) is 1.49. The smallest absolute Gasteiger partial charge is 0.190 e. The number of alkyl halides is 2. The van der Waals surface area contributed by atoms with E-state index in [1.54, 1.807) is 0 Å². The van der Waals surface area contributed by atoms with Crippen molar-refractivity contribution in [2.45, 2.75) is 3.74 Å². The molecule has 0 saturated heterocycles. The van der Waals surface area contributed by atoms with Gasteiger partial charge in [-0.25, -0.2) is 4.39 Å². The average molecular weight is 365 g/mol. The quantitative estimate of drug-likeness (QED) is 0.431. The zero-order chi connectivity index (χ0) is 10.9. The fourth-order valence-corrected chi connectivity index (χ4v) is 1.88. The predicted octanol–water partition coefficient (Wildman–Crippen LogP) is 4.43. The molecule has 0 N–H and O–H groups in total. The van der Waals surface area contributed by atoms with Crippen molar-refractivity contribution in [3.05, 3.63) is 33.6 Å². The van der Waals surface area contributed by atoms with Gasteiger partial charge in [0.2, 0.25) is 0 Å². The second-order valence-corrected chi connectivity index (χ2v) is 6.23. The number of hydrogen-bond acceptors (Lipinski definition) is 1. The number of hydrogen-bond donors (Lipinski definition) is 0. The van der Waals surface area contributed by atoms with Crippen molar-refractivity contribution in [3.63, 3.8) is 0 Å². The lowest BCUT2D eigenvalue weighted by atomic mass is 10.1. The van der Waals surface area contributed by atoms with Gasteiger partial charge in [-0.05, 0) is 12.1 Å². The van der Waals surface area contributed by atoms with Crippen molar-refractivity contribution in [3.8, 4) is 0 Å². The van der Waals surface area contributed by atoms with Crippen LogP contribution in [-0.4, -0.2) is 9.52 Å². The molecule has 0 aliphatic heterocycles. The van der Waals surface area contributed by atoms with Crippen molar-refractivity contribution in [2.75, 3.05) is 0 Å².